The summed E-state index contributed by atoms with van der Waals surface area (Å²) in [5, 5.41) is 0.234. The second-order valence-corrected chi connectivity index (χ2v) is 8.66. The van der Waals surface area contributed by atoms with E-state index in [9.17, 15) is 8.42 Å². The van der Waals surface area contributed by atoms with Crippen LogP contribution in [0.3, 0.4) is 0 Å². The fourth-order valence-electron chi connectivity index (χ4n) is 2.65. The van der Waals surface area contributed by atoms with E-state index >= 15 is 0 Å². The summed E-state index contributed by atoms with van der Waals surface area (Å²) in [4.78, 5) is 3.98. The summed E-state index contributed by atoms with van der Waals surface area (Å²) in [6.45, 7) is 7.73. The zero-order valence-corrected chi connectivity index (χ0v) is 13.7. The Morgan fingerprint density at radius 3 is 2.40 bits per heavy atom. The van der Waals surface area contributed by atoms with Gasteiger partial charge in [-0.1, -0.05) is 32.4 Å². The van der Waals surface area contributed by atoms with Gasteiger partial charge in [0.25, 0.3) is 0 Å². The van der Waals surface area contributed by atoms with Crippen LogP contribution in [0.25, 0.3) is 0 Å². The Kier molecular flexibility index (Phi) is 4.42. The van der Waals surface area contributed by atoms with E-state index in [1.165, 1.54) is 22.8 Å². The molecule has 0 spiro atoms. The average molecular weight is 317 g/mol. The first-order valence-corrected chi connectivity index (χ1v) is 8.64. The first-order valence-electron chi connectivity index (χ1n) is 6.82. The predicted molar refractivity (Wildman–Crippen MR) is 80.2 cm³/mol. The number of piperidine rings is 1. The molecule has 1 fully saturated rings. The maximum atomic E-state index is 12.6. The summed E-state index contributed by atoms with van der Waals surface area (Å²) in [5.74, 6) is 0.554. The second kappa shape index (κ2) is 5.62. The summed E-state index contributed by atoms with van der Waals surface area (Å²) in [6, 6.07) is 1.51. The molecule has 0 N–H and O–H groups in total. The third-order valence-electron chi connectivity index (χ3n) is 4.03. The third kappa shape index (κ3) is 3.15. The highest BCUT2D eigenvalue weighted by Gasteiger charge is 2.34. The SMILES string of the molecule is CC(C)(C)C1CCN(S(=O)(=O)c2cnccc2Cl)CC1. The molecule has 112 valence electrons. The molecule has 1 aromatic heterocycles. The normalized spacial score (nSPS) is 19.2. The van der Waals surface area contributed by atoms with Crippen LogP contribution in [0.4, 0.5) is 0 Å². The van der Waals surface area contributed by atoms with Crippen LogP contribution in [-0.4, -0.2) is 30.8 Å². The lowest BCUT2D eigenvalue weighted by atomic mass is 9.76. The van der Waals surface area contributed by atoms with Gasteiger partial charge in [0.15, 0.2) is 0 Å². The van der Waals surface area contributed by atoms with Crippen LogP contribution in [0.1, 0.15) is 33.6 Å². The Bertz CT molecular complexity index is 573. The molecule has 0 aliphatic carbocycles. The summed E-state index contributed by atoms with van der Waals surface area (Å²) in [7, 11) is -3.52. The van der Waals surface area contributed by atoms with Crippen molar-refractivity contribution >= 4 is 21.6 Å². The van der Waals surface area contributed by atoms with Gasteiger partial charge in [-0.15, -0.1) is 0 Å². The number of hydrogen-bond acceptors (Lipinski definition) is 3. The molecule has 1 aromatic rings. The largest absolute Gasteiger partial charge is 0.263 e. The zero-order valence-electron chi connectivity index (χ0n) is 12.1. The van der Waals surface area contributed by atoms with Crippen LogP contribution in [0.5, 0.6) is 0 Å². The number of pyridine rings is 1. The number of nitrogens with zero attached hydrogens (tertiary/aromatic N) is 2. The number of hydrogen-bond donors (Lipinski definition) is 0. The van der Waals surface area contributed by atoms with Crippen molar-refractivity contribution in [3.63, 3.8) is 0 Å². The Balaban J connectivity index is 2.16. The van der Waals surface area contributed by atoms with Gasteiger partial charge in [-0.05, 0) is 30.2 Å². The molecule has 0 radical (unpaired) electrons. The maximum absolute atomic E-state index is 12.6. The molecule has 0 bridgehead atoms. The summed E-state index contributed by atoms with van der Waals surface area (Å²) in [5.41, 5.74) is 0.224. The van der Waals surface area contributed by atoms with Crippen LogP contribution in [0.15, 0.2) is 23.4 Å². The van der Waals surface area contributed by atoms with Crippen molar-refractivity contribution in [1.29, 1.82) is 0 Å². The van der Waals surface area contributed by atoms with Gasteiger partial charge in [-0.3, -0.25) is 4.98 Å². The number of rotatable bonds is 2. The molecule has 20 heavy (non-hydrogen) atoms. The Morgan fingerprint density at radius 1 is 1.30 bits per heavy atom. The van der Waals surface area contributed by atoms with Crippen LogP contribution >= 0.6 is 11.6 Å². The maximum Gasteiger partial charge on any atom is 0.246 e. The van der Waals surface area contributed by atoms with Crippen LogP contribution < -0.4 is 0 Å². The Morgan fingerprint density at radius 2 is 1.90 bits per heavy atom. The first-order chi connectivity index (χ1) is 9.23. The number of halogens is 1. The highest BCUT2D eigenvalue weighted by Crippen LogP contribution is 2.36. The summed E-state index contributed by atoms with van der Waals surface area (Å²) in [6.07, 6.45) is 4.60. The monoisotopic (exact) mass is 316 g/mol. The minimum absolute atomic E-state index is 0.107. The third-order valence-corrected chi connectivity index (χ3v) is 6.40. The van der Waals surface area contributed by atoms with Crippen LogP contribution in [-0.2, 0) is 10.0 Å². The highest BCUT2D eigenvalue weighted by atomic mass is 35.5. The molecule has 2 heterocycles. The molecule has 6 heteroatoms. The van der Waals surface area contributed by atoms with Gasteiger partial charge in [0.2, 0.25) is 10.0 Å². The lowest BCUT2D eigenvalue weighted by Gasteiger charge is -2.38. The molecular weight excluding hydrogens is 296 g/mol. The molecule has 0 amide bonds. The van der Waals surface area contributed by atoms with Crippen molar-refractivity contribution in [2.75, 3.05) is 13.1 Å². The molecular formula is C14H21ClN2O2S. The smallest absolute Gasteiger partial charge is 0.246 e. The van der Waals surface area contributed by atoms with Gasteiger partial charge in [0, 0.05) is 25.5 Å². The van der Waals surface area contributed by atoms with E-state index in [0.29, 0.717) is 19.0 Å². The Labute approximate surface area is 126 Å². The second-order valence-electron chi connectivity index (χ2n) is 6.35. The van der Waals surface area contributed by atoms with Gasteiger partial charge < -0.3 is 0 Å². The van der Waals surface area contributed by atoms with Crippen molar-refractivity contribution < 1.29 is 8.42 Å². The lowest BCUT2D eigenvalue weighted by Crippen LogP contribution is -2.41. The fraction of sp³-hybridized carbons (Fsp3) is 0.643. The summed E-state index contributed by atoms with van der Waals surface area (Å²) >= 11 is 5.98. The number of aromatic nitrogens is 1. The zero-order chi connectivity index (χ0) is 15.0. The minimum Gasteiger partial charge on any atom is -0.263 e. The molecule has 2 rings (SSSR count). The van der Waals surface area contributed by atoms with E-state index < -0.39 is 10.0 Å². The predicted octanol–water partition coefficient (Wildman–Crippen LogP) is 3.18. The van der Waals surface area contributed by atoms with Gasteiger partial charge in [-0.25, -0.2) is 8.42 Å². The van der Waals surface area contributed by atoms with E-state index in [-0.39, 0.29) is 15.3 Å². The van der Waals surface area contributed by atoms with E-state index in [1.54, 1.807) is 0 Å². The first kappa shape index (κ1) is 15.7. The molecule has 4 nitrogen and oxygen atoms in total. The lowest BCUT2D eigenvalue weighted by molar-refractivity contribution is 0.154. The van der Waals surface area contributed by atoms with Gasteiger partial charge in [-0.2, -0.15) is 4.31 Å². The highest BCUT2D eigenvalue weighted by molar-refractivity contribution is 7.89. The molecule has 0 unspecified atom stereocenters. The van der Waals surface area contributed by atoms with E-state index in [0.717, 1.165) is 12.8 Å². The molecule has 0 aromatic carbocycles. The minimum atomic E-state index is -3.52. The topological polar surface area (TPSA) is 50.3 Å². The standard InChI is InChI=1S/C14H21ClN2O2S/c1-14(2,3)11-5-8-17(9-6-11)20(18,19)13-10-16-7-4-12(13)15/h4,7,10-11H,5-6,8-9H2,1-3H3. The molecule has 1 saturated heterocycles. The molecule has 1 aliphatic heterocycles. The molecule has 0 atom stereocenters. The van der Waals surface area contributed by atoms with Crippen molar-refractivity contribution in [1.82, 2.24) is 9.29 Å². The average Bonchev–Trinajstić information content (AvgIpc) is 2.38. The van der Waals surface area contributed by atoms with Crippen molar-refractivity contribution in [3.8, 4) is 0 Å². The van der Waals surface area contributed by atoms with Crippen LogP contribution in [0, 0.1) is 11.3 Å². The quantitative estimate of drug-likeness (QED) is 0.842. The molecule has 0 saturated carbocycles. The van der Waals surface area contributed by atoms with E-state index in [4.69, 9.17) is 11.6 Å². The number of sulfonamides is 1. The molecule has 1 aliphatic rings. The van der Waals surface area contributed by atoms with Crippen LogP contribution in [0.2, 0.25) is 5.02 Å². The van der Waals surface area contributed by atoms with Gasteiger partial charge >= 0.3 is 0 Å². The van der Waals surface area contributed by atoms with Gasteiger partial charge in [0.1, 0.15) is 4.90 Å². The van der Waals surface area contributed by atoms with Crippen molar-refractivity contribution in [2.45, 2.75) is 38.5 Å². The Hall–Kier alpha value is -0.650. The van der Waals surface area contributed by atoms with Crippen molar-refractivity contribution in [2.24, 2.45) is 11.3 Å². The van der Waals surface area contributed by atoms with E-state index in [2.05, 4.69) is 25.8 Å². The van der Waals surface area contributed by atoms with E-state index in [1.807, 2.05) is 0 Å². The summed E-state index contributed by atoms with van der Waals surface area (Å²) < 4.78 is 26.7. The van der Waals surface area contributed by atoms with Gasteiger partial charge in [0.05, 0.1) is 5.02 Å². The fourth-order valence-corrected chi connectivity index (χ4v) is 4.53. The van der Waals surface area contributed by atoms with Crippen molar-refractivity contribution in [3.05, 3.63) is 23.5 Å².